The van der Waals surface area contributed by atoms with E-state index in [-0.39, 0.29) is 29.9 Å². The van der Waals surface area contributed by atoms with Crippen molar-refractivity contribution in [2.75, 3.05) is 18.4 Å². The predicted molar refractivity (Wildman–Crippen MR) is 142 cm³/mol. The maximum Gasteiger partial charge on any atom is 0.319 e. The lowest BCUT2D eigenvalue weighted by Crippen LogP contribution is -2.53. The van der Waals surface area contributed by atoms with Crippen LogP contribution in [0.25, 0.3) is 0 Å². The van der Waals surface area contributed by atoms with Gasteiger partial charge in [-0.2, -0.15) is 5.26 Å². The van der Waals surface area contributed by atoms with Crippen molar-refractivity contribution in [3.05, 3.63) is 64.7 Å². The van der Waals surface area contributed by atoms with E-state index in [1.807, 2.05) is 42.2 Å². The molecule has 2 fully saturated rings. The zero-order valence-electron chi connectivity index (χ0n) is 21.5. The Bertz CT molecular complexity index is 1180. The number of urea groups is 1. The van der Waals surface area contributed by atoms with E-state index in [0.29, 0.717) is 35.8 Å². The van der Waals surface area contributed by atoms with Crippen LogP contribution in [0.15, 0.2) is 42.5 Å². The molecule has 2 aromatic rings. The van der Waals surface area contributed by atoms with Crippen LogP contribution in [-0.4, -0.2) is 47.9 Å². The second-order valence-electron chi connectivity index (χ2n) is 10.1. The van der Waals surface area contributed by atoms with E-state index in [2.05, 4.69) is 22.0 Å². The fourth-order valence-corrected chi connectivity index (χ4v) is 5.38. The second kappa shape index (κ2) is 11.9. The molecule has 8 nitrogen and oxygen atoms in total. The molecule has 194 valence electrons. The lowest BCUT2D eigenvalue weighted by atomic mass is 9.89. The Balaban J connectivity index is 1.35. The van der Waals surface area contributed by atoms with Crippen molar-refractivity contribution >= 4 is 23.5 Å². The van der Waals surface area contributed by atoms with Crippen molar-refractivity contribution in [3.8, 4) is 6.07 Å². The highest BCUT2D eigenvalue weighted by molar-refractivity contribution is 5.97. The van der Waals surface area contributed by atoms with Gasteiger partial charge in [0.2, 0.25) is 5.91 Å². The molecule has 2 aromatic carbocycles. The number of piperidine rings is 1. The molecule has 0 spiro atoms. The topological polar surface area (TPSA) is 114 Å². The Kier molecular flexibility index (Phi) is 8.44. The summed E-state index contributed by atoms with van der Waals surface area (Å²) in [5, 5.41) is 17.9. The number of hydrogen-bond acceptors (Lipinski definition) is 4. The molecular formula is C29H35N5O3. The summed E-state index contributed by atoms with van der Waals surface area (Å²) in [5.41, 5.74) is 3.88. The molecule has 1 aliphatic heterocycles. The van der Waals surface area contributed by atoms with Gasteiger partial charge in [0.1, 0.15) is 0 Å². The van der Waals surface area contributed by atoms with Gasteiger partial charge in [-0.25, -0.2) is 4.79 Å². The molecule has 1 aliphatic carbocycles. The number of likely N-dealkylation sites (tertiary alicyclic amines) is 1. The highest BCUT2D eigenvalue weighted by Crippen LogP contribution is 2.29. The van der Waals surface area contributed by atoms with Crippen molar-refractivity contribution in [2.24, 2.45) is 0 Å². The normalized spacial score (nSPS) is 20.0. The first-order valence-electron chi connectivity index (χ1n) is 13.1. The lowest BCUT2D eigenvalue weighted by Gasteiger charge is -2.33. The van der Waals surface area contributed by atoms with E-state index in [1.165, 1.54) is 12.5 Å². The van der Waals surface area contributed by atoms with Crippen LogP contribution in [0.4, 0.5) is 10.5 Å². The Morgan fingerprint density at radius 3 is 2.19 bits per heavy atom. The average Bonchev–Trinajstić information content (AvgIpc) is 2.90. The number of anilines is 1. The zero-order valence-corrected chi connectivity index (χ0v) is 21.5. The summed E-state index contributed by atoms with van der Waals surface area (Å²) in [6.45, 7) is 4.71. The fourth-order valence-electron chi connectivity index (χ4n) is 5.38. The summed E-state index contributed by atoms with van der Waals surface area (Å²) in [5.74, 6) is 0.235. The predicted octanol–water partition coefficient (Wildman–Crippen LogP) is 4.46. The van der Waals surface area contributed by atoms with Gasteiger partial charge < -0.3 is 20.9 Å². The molecule has 0 bridgehead atoms. The third-order valence-electron chi connectivity index (χ3n) is 7.50. The van der Waals surface area contributed by atoms with E-state index in [9.17, 15) is 14.4 Å². The third kappa shape index (κ3) is 6.67. The number of nitriles is 1. The minimum absolute atomic E-state index is 0.0419. The maximum atomic E-state index is 13.3. The molecule has 37 heavy (non-hydrogen) atoms. The number of nitrogens with one attached hydrogen (secondary N) is 3. The summed E-state index contributed by atoms with van der Waals surface area (Å²) >= 11 is 0. The standard InChI is InChI=1S/C29H35N5O3/c1-19-7-10-24(17-27(19)33-29(37)32-26-6-4-3-5-25(26)31-20(2)35)28(36)34-15-13-23(14-16-34)22-11-8-21(18-30)9-12-22/h7-12,17,23,25-26H,3-6,13-16H2,1-2H3,(H,31,35)(H2,32,33,37)/t25-,26+/m0/s1. The van der Waals surface area contributed by atoms with Gasteiger partial charge in [-0.15, -0.1) is 0 Å². The summed E-state index contributed by atoms with van der Waals surface area (Å²) < 4.78 is 0. The van der Waals surface area contributed by atoms with Gasteiger partial charge in [0.05, 0.1) is 17.7 Å². The number of hydrogen-bond donors (Lipinski definition) is 3. The summed E-state index contributed by atoms with van der Waals surface area (Å²) in [6.07, 6.45) is 5.43. The molecule has 1 heterocycles. The minimum atomic E-state index is -0.335. The molecule has 8 heteroatoms. The van der Waals surface area contributed by atoms with Crippen molar-refractivity contribution < 1.29 is 14.4 Å². The Morgan fingerprint density at radius 2 is 1.57 bits per heavy atom. The van der Waals surface area contributed by atoms with Crippen LogP contribution in [-0.2, 0) is 4.79 Å². The Labute approximate surface area is 218 Å². The highest BCUT2D eigenvalue weighted by atomic mass is 16.2. The monoisotopic (exact) mass is 501 g/mol. The van der Waals surface area contributed by atoms with Crippen LogP contribution in [0.5, 0.6) is 0 Å². The molecule has 2 aliphatic rings. The molecule has 4 rings (SSSR count). The van der Waals surface area contributed by atoms with Crippen LogP contribution < -0.4 is 16.0 Å². The van der Waals surface area contributed by atoms with Gasteiger partial charge >= 0.3 is 6.03 Å². The average molecular weight is 502 g/mol. The van der Waals surface area contributed by atoms with E-state index >= 15 is 0 Å². The van der Waals surface area contributed by atoms with Crippen molar-refractivity contribution in [1.82, 2.24) is 15.5 Å². The number of amides is 4. The molecule has 0 aromatic heterocycles. The van der Waals surface area contributed by atoms with Crippen LogP contribution >= 0.6 is 0 Å². The van der Waals surface area contributed by atoms with Gasteiger partial charge in [-0.3, -0.25) is 9.59 Å². The number of carbonyl (C=O) groups excluding carboxylic acids is 3. The summed E-state index contributed by atoms with van der Waals surface area (Å²) in [6, 6.07) is 14.7. The molecule has 1 saturated carbocycles. The van der Waals surface area contributed by atoms with Crippen molar-refractivity contribution in [1.29, 1.82) is 5.26 Å². The van der Waals surface area contributed by atoms with Crippen molar-refractivity contribution in [3.63, 3.8) is 0 Å². The summed E-state index contributed by atoms with van der Waals surface area (Å²) in [4.78, 5) is 39.5. The molecule has 3 N–H and O–H groups in total. The third-order valence-corrected chi connectivity index (χ3v) is 7.50. The van der Waals surface area contributed by atoms with Gasteiger partial charge in [0.15, 0.2) is 0 Å². The first-order valence-corrected chi connectivity index (χ1v) is 13.1. The minimum Gasteiger partial charge on any atom is -0.352 e. The Morgan fingerprint density at radius 1 is 0.919 bits per heavy atom. The van der Waals surface area contributed by atoms with Gasteiger partial charge in [0, 0.05) is 37.3 Å². The van der Waals surface area contributed by atoms with E-state index in [1.54, 1.807) is 12.1 Å². The number of rotatable bonds is 5. The Hall–Kier alpha value is -3.86. The number of aryl methyl sites for hydroxylation is 1. The van der Waals surface area contributed by atoms with Crippen LogP contribution in [0, 0.1) is 18.3 Å². The molecular weight excluding hydrogens is 466 g/mol. The van der Waals surface area contributed by atoms with Gasteiger partial charge in [-0.1, -0.05) is 31.0 Å². The summed E-state index contributed by atoms with van der Waals surface area (Å²) in [7, 11) is 0. The number of benzene rings is 2. The number of carbonyl (C=O) groups is 3. The SMILES string of the molecule is CC(=O)N[C@H]1CCCC[C@H]1NC(=O)Nc1cc(C(=O)N2CCC(c3ccc(C#N)cc3)CC2)ccc1C. The molecule has 4 amide bonds. The molecule has 1 saturated heterocycles. The molecule has 2 atom stereocenters. The maximum absolute atomic E-state index is 13.3. The zero-order chi connectivity index (χ0) is 26.4. The second-order valence-corrected chi connectivity index (χ2v) is 10.1. The smallest absolute Gasteiger partial charge is 0.319 e. The molecule has 0 radical (unpaired) electrons. The van der Waals surface area contributed by atoms with Gasteiger partial charge in [0.25, 0.3) is 5.91 Å². The lowest BCUT2D eigenvalue weighted by molar-refractivity contribution is -0.120. The van der Waals surface area contributed by atoms with Crippen LogP contribution in [0.1, 0.15) is 78.4 Å². The van der Waals surface area contributed by atoms with E-state index < -0.39 is 0 Å². The number of nitrogens with zero attached hydrogens (tertiary/aromatic N) is 2. The first kappa shape index (κ1) is 26.2. The fraction of sp³-hybridized carbons (Fsp3) is 0.448. The first-order chi connectivity index (χ1) is 17.8. The van der Waals surface area contributed by atoms with Crippen LogP contribution in [0.2, 0.25) is 0 Å². The quantitative estimate of drug-likeness (QED) is 0.561. The van der Waals surface area contributed by atoms with Gasteiger partial charge in [-0.05, 0) is 73.9 Å². The van der Waals surface area contributed by atoms with E-state index in [0.717, 1.165) is 44.1 Å². The molecule has 0 unspecified atom stereocenters. The largest absolute Gasteiger partial charge is 0.352 e. The van der Waals surface area contributed by atoms with E-state index in [4.69, 9.17) is 5.26 Å². The van der Waals surface area contributed by atoms with Crippen molar-refractivity contribution in [2.45, 2.75) is 70.4 Å². The highest BCUT2D eigenvalue weighted by Gasteiger charge is 2.28. The van der Waals surface area contributed by atoms with Crippen LogP contribution in [0.3, 0.4) is 0 Å².